The zero-order valence-corrected chi connectivity index (χ0v) is 17.0. The van der Waals surface area contributed by atoms with Crippen LogP contribution in [0, 0.1) is 0 Å². The number of amides is 1. The van der Waals surface area contributed by atoms with Gasteiger partial charge < -0.3 is 9.80 Å². The number of tetrazole rings is 1. The molecule has 0 bridgehead atoms. The predicted octanol–water partition coefficient (Wildman–Crippen LogP) is 2.02. The van der Waals surface area contributed by atoms with Gasteiger partial charge in [0.2, 0.25) is 5.82 Å². The van der Waals surface area contributed by atoms with Crippen molar-refractivity contribution in [1.29, 1.82) is 0 Å². The number of thioether (sulfide) groups is 1. The van der Waals surface area contributed by atoms with E-state index in [0.29, 0.717) is 23.1 Å². The molecule has 1 aromatic carbocycles. The lowest BCUT2D eigenvalue weighted by molar-refractivity contribution is 0.0988. The fraction of sp³-hybridized carbons (Fsp3) is 0.368. The molecule has 10 heteroatoms. The smallest absolute Gasteiger partial charge is 0.263 e. The summed E-state index contributed by atoms with van der Waals surface area (Å²) in [6.45, 7) is 1.52. The van der Waals surface area contributed by atoms with E-state index in [1.165, 1.54) is 16.6 Å². The number of carbonyl (C=O) groups is 1. The van der Waals surface area contributed by atoms with Crippen molar-refractivity contribution in [3.8, 4) is 11.4 Å². The maximum Gasteiger partial charge on any atom is 0.263 e. The van der Waals surface area contributed by atoms with E-state index in [-0.39, 0.29) is 11.9 Å². The molecule has 2 aliphatic rings. The third-order valence-electron chi connectivity index (χ3n) is 5.37. The summed E-state index contributed by atoms with van der Waals surface area (Å²) in [5.74, 6) is 1.21. The molecular weight excluding hydrogens is 388 g/mol. The minimum Gasteiger partial charge on any atom is -0.351 e. The molecule has 5 rings (SSSR count). The average molecular weight is 408 g/mol. The van der Waals surface area contributed by atoms with Crippen LogP contribution in [0.1, 0.15) is 23.2 Å². The summed E-state index contributed by atoms with van der Waals surface area (Å²) in [6, 6.07) is 7.96. The molecule has 0 unspecified atom stereocenters. The van der Waals surface area contributed by atoms with E-state index in [2.05, 4.69) is 30.3 Å². The van der Waals surface area contributed by atoms with Gasteiger partial charge in [0, 0.05) is 36.6 Å². The van der Waals surface area contributed by atoms with Crippen molar-refractivity contribution in [3.63, 3.8) is 0 Å². The predicted molar refractivity (Wildman–Crippen MR) is 110 cm³/mol. The summed E-state index contributed by atoms with van der Waals surface area (Å²) in [7, 11) is 1.73. The van der Waals surface area contributed by atoms with Gasteiger partial charge in [-0.15, -0.1) is 10.2 Å². The summed E-state index contributed by atoms with van der Waals surface area (Å²) in [5.41, 5.74) is 2.19. The lowest BCUT2D eigenvalue weighted by Crippen LogP contribution is -2.39. The molecule has 148 valence electrons. The van der Waals surface area contributed by atoms with E-state index < -0.39 is 0 Å². The second-order valence-corrected chi connectivity index (χ2v) is 7.93. The van der Waals surface area contributed by atoms with Crippen molar-refractivity contribution in [2.24, 2.45) is 7.05 Å². The maximum absolute atomic E-state index is 13.5. The van der Waals surface area contributed by atoms with Gasteiger partial charge in [0.15, 0.2) is 5.16 Å². The van der Waals surface area contributed by atoms with E-state index in [1.54, 1.807) is 13.2 Å². The fourth-order valence-corrected chi connectivity index (χ4v) is 4.34. The SMILES string of the molecule is CSc1ncc2c(n1)N1CCC[C@H]1CN(c1cccc(-c3nnn(C)n3)c1)C2=O. The molecule has 1 amide bonds. The number of nitrogens with zero attached hydrogens (tertiary/aromatic N) is 8. The van der Waals surface area contributed by atoms with Gasteiger partial charge in [-0.25, -0.2) is 9.97 Å². The number of fused-ring (bicyclic) bond motifs is 3. The molecule has 0 N–H and O–H groups in total. The van der Waals surface area contributed by atoms with Crippen LogP contribution in [-0.4, -0.2) is 61.5 Å². The molecule has 0 radical (unpaired) electrons. The van der Waals surface area contributed by atoms with Gasteiger partial charge in [0.05, 0.1) is 7.05 Å². The minimum absolute atomic E-state index is 0.0775. The van der Waals surface area contributed by atoms with E-state index in [0.717, 1.165) is 36.5 Å². The Labute approximate surface area is 172 Å². The average Bonchev–Trinajstić information content (AvgIpc) is 3.37. The van der Waals surface area contributed by atoms with Gasteiger partial charge in [0.25, 0.3) is 5.91 Å². The van der Waals surface area contributed by atoms with Crippen LogP contribution in [0.25, 0.3) is 11.4 Å². The third kappa shape index (κ3) is 3.13. The van der Waals surface area contributed by atoms with Gasteiger partial charge in [-0.1, -0.05) is 23.9 Å². The number of hydrogen-bond acceptors (Lipinski definition) is 8. The normalized spacial score (nSPS) is 18.6. The molecule has 1 atom stereocenters. The Morgan fingerprint density at radius 2 is 2.17 bits per heavy atom. The standard InChI is InChI=1S/C19H20N8OS/c1-25-23-16(22-24-25)12-5-3-6-13(9-12)27-11-14-7-4-8-26(14)17-15(18(27)28)10-20-19(21-17)29-2/h3,5-6,9-10,14H,4,7-8,11H2,1-2H3/t14-/m0/s1. The molecule has 0 saturated carbocycles. The molecule has 4 heterocycles. The van der Waals surface area contributed by atoms with Gasteiger partial charge >= 0.3 is 0 Å². The number of carbonyl (C=O) groups excluding carboxylic acids is 1. The van der Waals surface area contributed by atoms with Crippen molar-refractivity contribution in [2.45, 2.75) is 24.0 Å². The molecule has 2 aliphatic heterocycles. The third-order valence-corrected chi connectivity index (χ3v) is 5.93. The highest BCUT2D eigenvalue weighted by Crippen LogP contribution is 2.35. The van der Waals surface area contributed by atoms with Crippen LogP contribution in [0.5, 0.6) is 0 Å². The summed E-state index contributed by atoms with van der Waals surface area (Å²) < 4.78 is 0. The van der Waals surface area contributed by atoms with Crippen molar-refractivity contribution in [1.82, 2.24) is 30.2 Å². The number of benzene rings is 1. The Kier molecular flexibility index (Phi) is 4.42. The van der Waals surface area contributed by atoms with E-state index in [1.807, 2.05) is 35.4 Å². The van der Waals surface area contributed by atoms with Gasteiger partial charge in [-0.2, -0.15) is 4.80 Å². The van der Waals surface area contributed by atoms with Crippen LogP contribution in [0.3, 0.4) is 0 Å². The monoisotopic (exact) mass is 408 g/mol. The Hall–Kier alpha value is -3.01. The van der Waals surface area contributed by atoms with E-state index in [9.17, 15) is 4.79 Å². The molecule has 2 aromatic heterocycles. The highest BCUT2D eigenvalue weighted by molar-refractivity contribution is 7.98. The zero-order chi connectivity index (χ0) is 20.0. The Morgan fingerprint density at radius 3 is 2.97 bits per heavy atom. The maximum atomic E-state index is 13.5. The lowest BCUT2D eigenvalue weighted by atomic mass is 10.1. The van der Waals surface area contributed by atoms with Crippen LogP contribution in [0.15, 0.2) is 35.6 Å². The Bertz CT molecular complexity index is 1080. The Morgan fingerprint density at radius 1 is 1.28 bits per heavy atom. The van der Waals surface area contributed by atoms with Crippen LogP contribution in [0.4, 0.5) is 11.5 Å². The molecule has 3 aromatic rings. The van der Waals surface area contributed by atoms with Crippen molar-refractivity contribution in [2.75, 3.05) is 29.1 Å². The van der Waals surface area contributed by atoms with Gasteiger partial charge in [-0.3, -0.25) is 4.79 Å². The summed E-state index contributed by atoms with van der Waals surface area (Å²) >= 11 is 1.49. The lowest BCUT2D eigenvalue weighted by Gasteiger charge is -2.27. The minimum atomic E-state index is -0.0775. The molecule has 1 saturated heterocycles. The first-order valence-electron chi connectivity index (χ1n) is 9.48. The molecule has 1 fully saturated rings. The van der Waals surface area contributed by atoms with Crippen molar-refractivity contribution >= 4 is 29.2 Å². The first-order valence-corrected chi connectivity index (χ1v) is 10.7. The van der Waals surface area contributed by atoms with Crippen molar-refractivity contribution < 1.29 is 4.79 Å². The molecule has 0 spiro atoms. The summed E-state index contributed by atoms with van der Waals surface area (Å²) in [6.07, 6.45) is 5.74. The van der Waals surface area contributed by atoms with Crippen LogP contribution in [-0.2, 0) is 7.05 Å². The quantitative estimate of drug-likeness (QED) is 0.480. The topological polar surface area (TPSA) is 92.9 Å². The number of aromatic nitrogens is 6. The molecule has 9 nitrogen and oxygen atoms in total. The second-order valence-electron chi connectivity index (χ2n) is 7.15. The second kappa shape index (κ2) is 7.11. The Balaban J connectivity index is 1.58. The van der Waals surface area contributed by atoms with Crippen molar-refractivity contribution in [3.05, 3.63) is 36.0 Å². The number of hydrogen-bond donors (Lipinski definition) is 0. The molecule has 29 heavy (non-hydrogen) atoms. The van der Waals surface area contributed by atoms with Gasteiger partial charge in [0.1, 0.15) is 11.4 Å². The summed E-state index contributed by atoms with van der Waals surface area (Å²) in [4.78, 5) is 28.0. The number of rotatable bonds is 3. The van der Waals surface area contributed by atoms with E-state index in [4.69, 9.17) is 0 Å². The van der Waals surface area contributed by atoms with E-state index >= 15 is 0 Å². The highest BCUT2D eigenvalue weighted by Gasteiger charge is 2.37. The van der Waals surface area contributed by atoms with Crippen LogP contribution < -0.4 is 9.80 Å². The van der Waals surface area contributed by atoms with Gasteiger partial charge in [-0.05, 0) is 36.4 Å². The molecule has 0 aliphatic carbocycles. The van der Waals surface area contributed by atoms with Crippen LogP contribution >= 0.6 is 11.8 Å². The summed E-state index contributed by atoms with van der Waals surface area (Å²) in [5, 5.41) is 13.0. The molecular formula is C19H20N8OS. The number of anilines is 2. The fourth-order valence-electron chi connectivity index (χ4n) is 4.00. The van der Waals surface area contributed by atoms with Crippen LogP contribution in [0.2, 0.25) is 0 Å². The number of aryl methyl sites for hydroxylation is 1. The first-order chi connectivity index (χ1) is 14.1. The zero-order valence-electron chi connectivity index (χ0n) is 16.2. The largest absolute Gasteiger partial charge is 0.351 e. The first kappa shape index (κ1) is 18.0. The highest BCUT2D eigenvalue weighted by atomic mass is 32.2.